The monoisotopic (exact) mass is 395 g/mol. The van der Waals surface area contributed by atoms with Gasteiger partial charge in [-0.1, -0.05) is 23.7 Å². The fourth-order valence-electron chi connectivity index (χ4n) is 2.81. The third kappa shape index (κ3) is 8.54. The summed E-state index contributed by atoms with van der Waals surface area (Å²) < 4.78 is 0. The number of hydrogen-bond donors (Lipinski definition) is 2. The van der Waals surface area contributed by atoms with Gasteiger partial charge >= 0.3 is 0 Å². The molecule has 4 nitrogen and oxygen atoms in total. The van der Waals surface area contributed by atoms with Gasteiger partial charge in [-0.25, -0.2) is 0 Å². The van der Waals surface area contributed by atoms with E-state index in [2.05, 4.69) is 27.7 Å². The van der Waals surface area contributed by atoms with Gasteiger partial charge in [-0.2, -0.15) is 0 Å². The van der Waals surface area contributed by atoms with Gasteiger partial charge in [0.2, 0.25) is 5.91 Å². The molecular formula is C17H28Cl3N3O. The predicted octanol–water partition coefficient (Wildman–Crippen LogP) is 3.26. The van der Waals surface area contributed by atoms with E-state index < -0.39 is 0 Å². The molecule has 2 N–H and O–H groups in total. The summed E-state index contributed by atoms with van der Waals surface area (Å²) in [4.78, 5) is 14.3. The summed E-state index contributed by atoms with van der Waals surface area (Å²) in [7, 11) is 1.91. The lowest BCUT2D eigenvalue weighted by Gasteiger charge is -2.32. The molecule has 0 bridgehead atoms. The molecule has 1 aromatic rings. The fourth-order valence-corrected chi connectivity index (χ4v) is 2.93. The van der Waals surface area contributed by atoms with Crippen molar-refractivity contribution in [3.05, 3.63) is 34.9 Å². The molecule has 1 aliphatic rings. The van der Waals surface area contributed by atoms with Crippen molar-refractivity contribution in [2.24, 2.45) is 0 Å². The maximum atomic E-state index is 11.8. The number of carbonyl (C=O) groups is 1. The predicted molar refractivity (Wildman–Crippen MR) is 106 cm³/mol. The number of piperidine rings is 1. The number of nitrogens with one attached hydrogen (secondary N) is 2. The highest BCUT2D eigenvalue weighted by molar-refractivity contribution is 6.30. The number of hydrogen-bond acceptors (Lipinski definition) is 3. The molecule has 0 unspecified atom stereocenters. The number of halogens is 3. The molecule has 24 heavy (non-hydrogen) atoms. The van der Waals surface area contributed by atoms with Crippen LogP contribution in [0.25, 0.3) is 0 Å². The Morgan fingerprint density at radius 2 is 1.83 bits per heavy atom. The van der Waals surface area contributed by atoms with E-state index in [1.54, 1.807) is 0 Å². The maximum Gasteiger partial charge on any atom is 0.220 e. The lowest BCUT2D eigenvalue weighted by atomic mass is 10.0. The second-order valence-electron chi connectivity index (χ2n) is 5.95. The van der Waals surface area contributed by atoms with Gasteiger partial charge in [-0.3, -0.25) is 9.69 Å². The van der Waals surface area contributed by atoms with E-state index in [1.165, 1.54) is 5.56 Å². The first-order valence-corrected chi connectivity index (χ1v) is 8.46. The van der Waals surface area contributed by atoms with Crippen LogP contribution >= 0.6 is 36.4 Å². The van der Waals surface area contributed by atoms with Crippen LogP contribution in [0.3, 0.4) is 0 Å². The fraction of sp³-hybridized carbons (Fsp3) is 0.588. The molecule has 1 amide bonds. The van der Waals surface area contributed by atoms with Gasteiger partial charge in [0.05, 0.1) is 0 Å². The maximum absolute atomic E-state index is 11.8. The highest BCUT2D eigenvalue weighted by Gasteiger charge is 2.20. The van der Waals surface area contributed by atoms with Crippen molar-refractivity contribution in [2.45, 2.75) is 38.3 Å². The zero-order chi connectivity index (χ0) is 15.8. The first kappa shape index (κ1) is 23.5. The molecule has 7 heteroatoms. The molecule has 1 heterocycles. The van der Waals surface area contributed by atoms with E-state index in [-0.39, 0.29) is 30.7 Å². The Morgan fingerprint density at radius 1 is 1.21 bits per heavy atom. The zero-order valence-electron chi connectivity index (χ0n) is 14.1. The summed E-state index contributed by atoms with van der Waals surface area (Å²) in [6.07, 6.45) is 3.58. The van der Waals surface area contributed by atoms with Crippen molar-refractivity contribution in [3.8, 4) is 0 Å². The number of amides is 1. The van der Waals surface area contributed by atoms with Crippen LogP contribution in [0.5, 0.6) is 0 Å². The third-order valence-corrected chi connectivity index (χ3v) is 4.35. The quantitative estimate of drug-likeness (QED) is 0.695. The van der Waals surface area contributed by atoms with E-state index in [0.717, 1.165) is 50.5 Å². The van der Waals surface area contributed by atoms with Gasteiger partial charge in [-0.15, -0.1) is 24.8 Å². The molecule has 0 saturated carbocycles. The largest absolute Gasteiger partial charge is 0.353 e. The SMILES string of the molecule is CNCCCC(=O)NC1CCN(Cc2ccc(Cl)cc2)CC1.Cl.Cl. The molecule has 2 rings (SSSR count). The molecule has 138 valence electrons. The topological polar surface area (TPSA) is 44.4 Å². The van der Waals surface area contributed by atoms with E-state index in [0.29, 0.717) is 12.5 Å². The number of likely N-dealkylation sites (tertiary alicyclic amines) is 1. The molecule has 0 radical (unpaired) electrons. The molecule has 1 aliphatic heterocycles. The van der Waals surface area contributed by atoms with Crippen molar-refractivity contribution in [1.29, 1.82) is 0 Å². The average molecular weight is 397 g/mol. The van der Waals surface area contributed by atoms with Crippen molar-refractivity contribution in [2.75, 3.05) is 26.7 Å². The van der Waals surface area contributed by atoms with Crippen molar-refractivity contribution in [3.63, 3.8) is 0 Å². The Bertz CT molecular complexity index is 463. The zero-order valence-corrected chi connectivity index (χ0v) is 16.5. The summed E-state index contributed by atoms with van der Waals surface area (Å²) >= 11 is 5.91. The molecule has 1 aromatic carbocycles. The minimum atomic E-state index is 0. The Kier molecular flexibility index (Phi) is 12.5. The van der Waals surface area contributed by atoms with E-state index in [4.69, 9.17) is 11.6 Å². The van der Waals surface area contributed by atoms with Crippen LogP contribution in [0, 0.1) is 0 Å². The number of benzene rings is 1. The number of rotatable bonds is 7. The van der Waals surface area contributed by atoms with Crippen LogP contribution in [0.4, 0.5) is 0 Å². The van der Waals surface area contributed by atoms with Crippen molar-refractivity contribution in [1.82, 2.24) is 15.5 Å². The molecular weight excluding hydrogens is 369 g/mol. The minimum absolute atomic E-state index is 0. The Morgan fingerprint density at radius 3 is 2.42 bits per heavy atom. The number of nitrogens with zero attached hydrogens (tertiary/aromatic N) is 1. The van der Waals surface area contributed by atoms with Crippen LogP contribution in [0.15, 0.2) is 24.3 Å². The Hall–Kier alpha value is -0.520. The summed E-state index contributed by atoms with van der Waals surface area (Å²) in [5.41, 5.74) is 1.29. The lowest BCUT2D eigenvalue weighted by Crippen LogP contribution is -2.44. The lowest BCUT2D eigenvalue weighted by molar-refractivity contribution is -0.122. The van der Waals surface area contributed by atoms with Crippen LogP contribution in [-0.2, 0) is 11.3 Å². The van der Waals surface area contributed by atoms with Gasteiger partial charge in [0.15, 0.2) is 0 Å². The molecule has 0 spiro atoms. The molecule has 1 fully saturated rings. The second-order valence-corrected chi connectivity index (χ2v) is 6.39. The highest BCUT2D eigenvalue weighted by Crippen LogP contribution is 2.16. The highest BCUT2D eigenvalue weighted by atomic mass is 35.5. The standard InChI is InChI=1S/C17H26ClN3O.2ClH/c1-19-10-2-3-17(22)20-16-8-11-21(12-9-16)13-14-4-6-15(18)7-5-14;;/h4-7,16,19H,2-3,8-13H2,1H3,(H,20,22);2*1H. The smallest absolute Gasteiger partial charge is 0.220 e. The second kappa shape index (κ2) is 12.8. The van der Waals surface area contributed by atoms with Gasteiger partial charge < -0.3 is 10.6 Å². The molecule has 1 saturated heterocycles. The van der Waals surface area contributed by atoms with Crippen LogP contribution in [0.2, 0.25) is 5.02 Å². The van der Waals surface area contributed by atoms with Crippen LogP contribution < -0.4 is 10.6 Å². The average Bonchev–Trinajstić information content (AvgIpc) is 2.52. The summed E-state index contributed by atoms with van der Waals surface area (Å²) in [6, 6.07) is 8.38. The van der Waals surface area contributed by atoms with Gasteiger partial charge in [0.1, 0.15) is 0 Å². The van der Waals surface area contributed by atoms with Crippen LogP contribution in [0.1, 0.15) is 31.2 Å². The van der Waals surface area contributed by atoms with E-state index in [1.807, 2.05) is 19.2 Å². The van der Waals surface area contributed by atoms with Gasteiger partial charge in [0.25, 0.3) is 0 Å². The van der Waals surface area contributed by atoms with Gasteiger partial charge in [-0.05, 0) is 50.6 Å². The van der Waals surface area contributed by atoms with E-state index >= 15 is 0 Å². The summed E-state index contributed by atoms with van der Waals surface area (Å²) in [5.74, 6) is 0.186. The summed E-state index contributed by atoms with van der Waals surface area (Å²) in [6.45, 7) is 3.92. The first-order valence-electron chi connectivity index (χ1n) is 8.08. The van der Waals surface area contributed by atoms with E-state index in [9.17, 15) is 4.79 Å². The normalized spacial score (nSPS) is 15.2. The summed E-state index contributed by atoms with van der Waals surface area (Å²) in [5, 5.41) is 7.00. The van der Waals surface area contributed by atoms with Crippen molar-refractivity contribution < 1.29 is 4.79 Å². The van der Waals surface area contributed by atoms with Gasteiger partial charge in [0, 0.05) is 37.1 Å². The van der Waals surface area contributed by atoms with Crippen LogP contribution in [-0.4, -0.2) is 43.5 Å². The molecule has 0 atom stereocenters. The Labute approximate surface area is 162 Å². The third-order valence-electron chi connectivity index (χ3n) is 4.10. The molecule has 0 aromatic heterocycles. The minimum Gasteiger partial charge on any atom is -0.353 e. The van der Waals surface area contributed by atoms with Crippen molar-refractivity contribution >= 4 is 42.3 Å². The first-order chi connectivity index (χ1) is 10.7. The molecule has 0 aliphatic carbocycles. The Balaban J connectivity index is 0.00000264. The number of carbonyl (C=O) groups excluding carboxylic acids is 1.